The van der Waals surface area contributed by atoms with Gasteiger partial charge in [-0.2, -0.15) is 5.26 Å². The number of nitriles is 1. The Balaban J connectivity index is 1.51. The van der Waals surface area contributed by atoms with Crippen LogP contribution in [0.5, 0.6) is 0 Å². The molecule has 1 aromatic rings. The zero-order valence-corrected chi connectivity index (χ0v) is 15.6. The van der Waals surface area contributed by atoms with Gasteiger partial charge >= 0.3 is 0 Å². The number of aromatic nitrogens is 2. The summed E-state index contributed by atoms with van der Waals surface area (Å²) in [6.45, 7) is 5.24. The Bertz CT molecular complexity index is 756. The highest BCUT2D eigenvalue weighted by molar-refractivity contribution is 6.02. The molecule has 1 spiro atoms. The Morgan fingerprint density at radius 3 is 2.41 bits per heavy atom. The normalized spacial score (nSPS) is 31.3. The fraction of sp³-hybridized carbons (Fsp3) is 0.632. The Labute approximate surface area is 159 Å². The van der Waals surface area contributed by atoms with E-state index in [0.717, 1.165) is 57.8 Å². The lowest BCUT2D eigenvalue weighted by molar-refractivity contribution is -0.125. The Morgan fingerprint density at radius 2 is 1.78 bits per heavy atom. The molecule has 1 saturated carbocycles. The molecule has 1 aromatic heterocycles. The minimum atomic E-state index is -0.687. The van der Waals surface area contributed by atoms with Gasteiger partial charge in [-0.25, -0.2) is 15.0 Å². The standard InChI is InChI=1S/C19H25N7O/c1-14-3-5-19(6-4-14)15(13-20)16(27)23-18(24-19)26-11-9-25(10-12-26)17-21-7-2-8-22-17/h2,7-8,14-15H,3-6,9-12H2,1H3,(H,23,24,27)/t14?,15-,19?/m0/s1. The van der Waals surface area contributed by atoms with Crippen molar-refractivity contribution in [1.82, 2.24) is 20.2 Å². The summed E-state index contributed by atoms with van der Waals surface area (Å²) in [6, 6.07) is 4.03. The van der Waals surface area contributed by atoms with Crippen LogP contribution in [0.2, 0.25) is 0 Å². The van der Waals surface area contributed by atoms with E-state index in [0.29, 0.717) is 11.9 Å². The zero-order valence-electron chi connectivity index (χ0n) is 15.6. The molecular formula is C19H25N7O. The van der Waals surface area contributed by atoms with E-state index in [9.17, 15) is 10.1 Å². The third kappa shape index (κ3) is 3.34. The molecule has 1 saturated heterocycles. The molecule has 27 heavy (non-hydrogen) atoms. The molecule has 0 bridgehead atoms. The van der Waals surface area contributed by atoms with Crippen LogP contribution in [0.15, 0.2) is 23.5 Å². The molecular weight excluding hydrogens is 342 g/mol. The van der Waals surface area contributed by atoms with Gasteiger partial charge in [0, 0.05) is 38.6 Å². The van der Waals surface area contributed by atoms with E-state index in [1.54, 1.807) is 12.4 Å². The monoisotopic (exact) mass is 367 g/mol. The van der Waals surface area contributed by atoms with Crippen LogP contribution in [0.3, 0.4) is 0 Å². The zero-order chi connectivity index (χ0) is 18.9. The average molecular weight is 367 g/mol. The van der Waals surface area contributed by atoms with Crippen molar-refractivity contribution in [2.24, 2.45) is 16.8 Å². The van der Waals surface area contributed by atoms with Gasteiger partial charge in [-0.1, -0.05) is 6.92 Å². The third-order valence-electron chi connectivity index (χ3n) is 6.05. The Morgan fingerprint density at radius 1 is 1.15 bits per heavy atom. The van der Waals surface area contributed by atoms with E-state index in [2.05, 4.69) is 38.1 Å². The third-order valence-corrected chi connectivity index (χ3v) is 6.05. The molecule has 3 aliphatic rings. The van der Waals surface area contributed by atoms with Gasteiger partial charge in [-0.15, -0.1) is 0 Å². The van der Waals surface area contributed by atoms with Crippen molar-refractivity contribution in [2.75, 3.05) is 31.1 Å². The summed E-state index contributed by atoms with van der Waals surface area (Å²) in [5.74, 6) is 1.11. The van der Waals surface area contributed by atoms with Gasteiger partial charge in [0.25, 0.3) is 0 Å². The van der Waals surface area contributed by atoms with E-state index < -0.39 is 11.5 Å². The molecule has 2 fully saturated rings. The highest BCUT2D eigenvalue weighted by atomic mass is 16.2. The summed E-state index contributed by atoms with van der Waals surface area (Å²) >= 11 is 0. The lowest BCUT2D eigenvalue weighted by Crippen LogP contribution is -2.61. The first kappa shape index (κ1) is 17.7. The highest BCUT2D eigenvalue weighted by Crippen LogP contribution is 2.41. The van der Waals surface area contributed by atoms with Gasteiger partial charge in [0.1, 0.15) is 0 Å². The van der Waals surface area contributed by atoms with Crippen LogP contribution < -0.4 is 10.2 Å². The van der Waals surface area contributed by atoms with Crippen molar-refractivity contribution in [3.8, 4) is 6.07 Å². The molecule has 1 N–H and O–H groups in total. The number of carbonyl (C=O) groups is 1. The van der Waals surface area contributed by atoms with Crippen molar-refractivity contribution in [1.29, 1.82) is 5.26 Å². The van der Waals surface area contributed by atoms with E-state index >= 15 is 0 Å². The maximum Gasteiger partial charge on any atom is 0.246 e. The molecule has 0 radical (unpaired) electrons. The van der Waals surface area contributed by atoms with E-state index in [4.69, 9.17) is 4.99 Å². The van der Waals surface area contributed by atoms with Gasteiger partial charge in [0.2, 0.25) is 17.8 Å². The predicted molar refractivity (Wildman–Crippen MR) is 101 cm³/mol. The molecule has 142 valence electrons. The van der Waals surface area contributed by atoms with Crippen LogP contribution in [0, 0.1) is 23.2 Å². The van der Waals surface area contributed by atoms with Crippen LogP contribution in [0.25, 0.3) is 0 Å². The van der Waals surface area contributed by atoms with Crippen LogP contribution in [0.1, 0.15) is 32.6 Å². The summed E-state index contributed by atoms with van der Waals surface area (Å²) in [5.41, 5.74) is -0.557. The predicted octanol–water partition coefficient (Wildman–Crippen LogP) is 1.17. The van der Waals surface area contributed by atoms with Gasteiger partial charge in [-0.05, 0) is 37.7 Å². The number of hydrogen-bond donors (Lipinski definition) is 1. The fourth-order valence-corrected chi connectivity index (χ4v) is 4.29. The van der Waals surface area contributed by atoms with Gasteiger partial charge in [-0.3, -0.25) is 10.1 Å². The van der Waals surface area contributed by atoms with Crippen molar-refractivity contribution in [3.05, 3.63) is 18.5 Å². The molecule has 2 aliphatic heterocycles. The summed E-state index contributed by atoms with van der Waals surface area (Å²) in [4.78, 5) is 30.5. The number of nitrogens with zero attached hydrogens (tertiary/aromatic N) is 6. The number of guanidine groups is 1. The quantitative estimate of drug-likeness (QED) is 0.800. The number of nitrogens with one attached hydrogen (secondary N) is 1. The van der Waals surface area contributed by atoms with Gasteiger partial charge in [0.15, 0.2) is 5.92 Å². The summed E-state index contributed by atoms with van der Waals surface area (Å²) in [7, 11) is 0. The first-order valence-electron chi connectivity index (χ1n) is 9.68. The first-order valence-corrected chi connectivity index (χ1v) is 9.68. The van der Waals surface area contributed by atoms with Crippen LogP contribution in [-0.4, -0.2) is 58.5 Å². The van der Waals surface area contributed by atoms with Gasteiger partial charge < -0.3 is 9.80 Å². The number of amides is 1. The lowest BCUT2D eigenvalue weighted by Gasteiger charge is -2.44. The molecule has 0 aromatic carbocycles. The molecule has 1 atom stereocenters. The number of hydrogen-bond acceptors (Lipinski definition) is 7. The summed E-state index contributed by atoms with van der Waals surface area (Å²) in [6.07, 6.45) is 7.14. The van der Waals surface area contributed by atoms with Crippen molar-refractivity contribution >= 4 is 17.8 Å². The number of piperazine rings is 1. The Kier molecular flexibility index (Phi) is 4.68. The van der Waals surface area contributed by atoms with Crippen LogP contribution >= 0.6 is 0 Å². The van der Waals surface area contributed by atoms with Crippen molar-refractivity contribution < 1.29 is 4.79 Å². The average Bonchev–Trinajstić information content (AvgIpc) is 2.71. The molecule has 8 nitrogen and oxygen atoms in total. The van der Waals surface area contributed by atoms with E-state index in [1.807, 2.05) is 6.07 Å². The number of carbonyl (C=O) groups excluding carboxylic acids is 1. The van der Waals surface area contributed by atoms with Crippen LogP contribution in [-0.2, 0) is 4.79 Å². The molecule has 8 heteroatoms. The first-order chi connectivity index (χ1) is 13.1. The fourth-order valence-electron chi connectivity index (χ4n) is 4.29. The number of rotatable bonds is 1. The SMILES string of the molecule is CC1CCC2(CC1)N=C(N1CCN(c3ncccn3)CC1)NC(=O)[C@@H]2C#N. The maximum atomic E-state index is 12.6. The minimum Gasteiger partial charge on any atom is -0.339 e. The second kappa shape index (κ2) is 7.14. The minimum absolute atomic E-state index is 0.203. The molecule has 3 heterocycles. The summed E-state index contributed by atoms with van der Waals surface area (Å²) in [5, 5.41) is 12.5. The van der Waals surface area contributed by atoms with Crippen LogP contribution in [0.4, 0.5) is 5.95 Å². The highest BCUT2D eigenvalue weighted by Gasteiger charge is 2.49. The number of anilines is 1. The van der Waals surface area contributed by atoms with E-state index in [-0.39, 0.29) is 5.91 Å². The maximum absolute atomic E-state index is 12.6. The van der Waals surface area contributed by atoms with Crippen molar-refractivity contribution in [3.63, 3.8) is 0 Å². The second-order valence-corrected chi connectivity index (χ2v) is 7.80. The van der Waals surface area contributed by atoms with Crippen molar-refractivity contribution in [2.45, 2.75) is 38.1 Å². The van der Waals surface area contributed by atoms with Gasteiger partial charge in [0.05, 0.1) is 11.6 Å². The van der Waals surface area contributed by atoms with E-state index in [1.165, 1.54) is 0 Å². The Hall–Kier alpha value is -2.69. The lowest BCUT2D eigenvalue weighted by atomic mass is 9.70. The summed E-state index contributed by atoms with van der Waals surface area (Å²) < 4.78 is 0. The molecule has 1 aliphatic carbocycles. The molecule has 1 amide bonds. The smallest absolute Gasteiger partial charge is 0.246 e. The second-order valence-electron chi connectivity index (χ2n) is 7.80. The number of aliphatic imine (C=N–C) groups is 1. The molecule has 4 rings (SSSR count). The largest absolute Gasteiger partial charge is 0.339 e. The topological polar surface area (TPSA) is 97.5 Å². The molecule has 0 unspecified atom stereocenters.